The van der Waals surface area contributed by atoms with E-state index >= 15 is 0 Å². The Morgan fingerprint density at radius 1 is 1.23 bits per heavy atom. The standard InChI is InChI=1S/C30H22BrClIN3O6S/c1-3-41-29(38)25-16(2)34-30-35(26(25)21-6-4-5-7-22(21)32)28(37)24(43-30)13-18-12-19(31)14-23(33)27(18)42-15-17-8-10-20(11-9-17)36(39)40/h4-14,26H,3,15H2,1-2H3/b24-13-/t26-/m1/s1. The lowest BCUT2D eigenvalue weighted by Gasteiger charge is -2.25. The molecule has 2 heterocycles. The lowest BCUT2D eigenvalue weighted by Crippen LogP contribution is -2.40. The van der Waals surface area contributed by atoms with Crippen molar-refractivity contribution in [3.05, 3.63) is 131 Å². The first-order valence-corrected chi connectivity index (χ1v) is 15.9. The molecule has 0 aliphatic carbocycles. The number of ether oxygens (including phenoxy) is 2. The topological polar surface area (TPSA) is 113 Å². The zero-order valence-electron chi connectivity index (χ0n) is 22.7. The molecule has 3 aromatic carbocycles. The molecule has 1 atom stereocenters. The van der Waals surface area contributed by atoms with Crippen LogP contribution in [0.15, 0.2) is 86.2 Å². The molecule has 1 aliphatic heterocycles. The van der Waals surface area contributed by atoms with Gasteiger partial charge in [-0.25, -0.2) is 9.79 Å². The Bertz CT molecular complexity index is 1970. The first kappa shape index (κ1) is 31.1. The molecule has 9 nitrogen and oxygen atoms in total. The third-order valence-electron chi connectivity index (χ3n) is 6.57. The number of carbonyl (C=O) groups excluding carboxylic acids is 1. The van der Waals surface area contributed by atoms with Gasteiger partial charge in [0, 0.05) is 27.2 Å². The number of carbonyl (C=O) groups is 1. The normalized spacial score (nSPS) is 14.7. The second-order valence-corrected chi connectivity index (χ2v) is 12.8. The Hall–Kier alpha value is -3.33. The summed E-state index contributed by atoms with van der Waals surface area (Å²) in [4.78, 5) is 42.8. The Kier molecular flexibility index (Phi) is 9.49. The van der Waals surface area contributed by atoms with Gasteiger partial charge < -0.3 is 9.47 Å². The van der Waals surface area contributed by atoms with Gasteiger partial charge in [-0.15, -0.1) is 0 Å². The van der Waals surface area contributed by atoms with E-state index in [0.717, 1.165) is 13.6 Å². The fraction of sp³-hybridized carbons (Fsp3) is 0.167. The van der Waals surface area contributed by atoms with E-state index in [0.29, 0.717) is 36.9 Å². The van der Waals surface area contributed by atoms with Crippen molar-refractivity contribution in [1.82, 2.24) is 4.57 Å². The molecule has 0 amide bonds. The predicted octanol–water partition coefficient (Wildman–Crippen LogP) is 6.31. The van der Waals surface area contributed by atoms with Gasteiger partial charge in [0.2, 0.25) is 0 Å². The van der Waals surface area contributed by atoms with E-state index in [4.69, 9.17) is 21.1 Å². The molecule has 1 aliphatic rings. The monoisotopic (exact) mass is 793 g/mol. The van der Waals surface area contributed by atoms with Crippen LogP contribution in [0.2, 0.25) is 5.02 Å². The molecule has 0 unspecified atom stereocenters. The smallest absolute Gasteiger partial charge is 0.338 e. The van der Waals surface area contributed by atoms with E-state index in [2.05, 4.69) is 43.5 Å². The van der Waals surface area contributed by atoms with E-state index in [-0.39, 0.29) is 30.0 Å². The van der Waals surface area contributed by atoms with Crippen LogP contribution >= 0.6 is 61.5 Å². The number of hydrogen-bond donors (Lipinski definition) is 0. The van der Waals surface area contributed by atoms with Crippen LogP contribution in [0.25, 0.3) is 6.08 Å². The van der Waals surface area contributed by atoms with Crippen LogP contribution in [0.4, 0.5) is 5.69 Å². The lowest BCUT2D eigenvalue weighted by molar-refractivity contribution is -0.384. The van der Waals surface area contributed by atoms with Crippen LogP contribution in [0.3, 0.4) is 0 Å². The molecule has 0 N–H and O–H groups in total. The molecular formula is C30H22BrClIN3O6S. The summed E-state index contributed by atoms with van der Waals surface area (Å²) in [5, 5.41) is 11.4. The number of rotatable bonds is 8. The molecule has 0 saturated carbocycles. The number of hydrogen-bond acceptors (Lipinski definition) is 8. The van der Waals surface area contributed by atoms with Gasteiger partial charge in [-0.2, -0.15) is 0 Å². The molecule has 5 rings (SSSR count). The molecule has 0 saturated heterocycles. The molecule has 43 heavy (non-hydrogen) atoms. The van der Waals surface area contributed by atoms with Crippen molar-refractivity contribution in [3.8, 4) is 5.75 Å². The predicted molar refractivity (Wildman–Crippen MR) is 176 cm³/mol. The number of esters is 1. The first-order valence-electron chi connectivity index (χ1n) is 12.9. The molecule has 0 fully saturated rings. The Labute approximate surface area is 276 Å². The summed E-state index contributed by atoms with van der Waals surface area (Å²) >= 11 is 13.5. The van der Waals surface area contributed by atoms with E-state index in [9.17, 15) is 19.7 Å². The third-order valence-corrected chi connectivity index (χ3v) is 9.16. The van der Waals surface area contributed by atoms with E-state index in [1.807, 2.05) is 12.1 Å². The summed E-state index contributed by atoms with van der Waals surface area (Å²) in [6.45, 7) is 3.76. The fourth-order valence-electron chi connectivity index (χ4n) is 4.63. The van der Waals surface area contributed by atoms with Crippen molar-refractivity contribution >= 4 is 79.2 Å². The summed E-state index contributed by atoms with van der Waals surface area (Å²) in [7, 11) is 0. The van der Waals surface area contributed by atoms with Crippen molar-refractivity contribution in [3.63, 3.8) is 0 Å². The van der Waals surface area contributed by atoms with E-state index < -0.39 is 16.9 Å². The zero-order chi connectivity index (χ0) is 30.8. The number of non-ortho nitro benzene ring substituents is 1. The van der Waals surface area contributed by atoms with Crippen LogP contribution in [0.1, 0.15) is 36.6 Å². The number of thiazole rings is 1. The second-order valence-electron chi connectivity index (χ2n) is 9.34. The van der Waals surface area contributed by atoms with E-state index in [1.54, 1.807) is 56.3 Å². The first-order chi connectivity index (χ1) is 20.6. The molecule has 4 aromatic rings. The highest BCUT2D eigenvalue weighted by molar-refractivity contribution is 14.1. The fourth-order valence-corrected chi connectivity index (χ4v) is 7.62. The van der Waals surface area contributed by atoms with Crippen LogP contribution in [0.5, 0.6) is 5.75 Å². The summed E-state index contributed by atoms with van der Waals surface area (Å²) < 4.78 is 15.0. The van der Waals surface area contributed by atoms with Gasteiger partial charge in [0.15, 0.2) is 4.80 Å². The van der Waals surface area contributed by atoms with Crippen molar-refractivity contribution in [1.29, 1.82) is 0 Å². The van der Waals surface area contributed by atoms with Crippen LogP contribution in [-0.2, 0) is 16.1 Å². The molecule has 1 aromatic heterocycles. The van der Waals surface area contributed by atoms with Crippen LogP contribution < -0.4 is 19.6 Å². The SMILES string of the molecule is CCOC(=O)C1=C(C)N=c2s/c(=C\c3cc(Br)cc(I)c3OCc3ccc([N+](=O)[O-])cc3)c(=O)n2[C@@H]1c1ccccc1Cl. The highest BCUT2D eigenvalue weighted by atomic mass is 127. The zero-order valence-corrected chi connectivity index (χ0v) is 28.0. The number of nitro benzene ring substituents is 1. The number of halogens is 3. The molecule has 13 heteroatoms. The van der Waals surface area contributed by atoms with Gasteiger partial charge in [0.25, 0.3) is 11.2 Å². The minimum absolute atomic E-state index is 0.00511. The number of nitro groups is 1. The van der Waals surface area contributed by atoms with Gasteiger partial charge >= 0.3 is 5.97 Å². The van der Waals surface area contributed by atoms with Gasteiger partial charge in [-0.3, -0.25) is 19.5 Å². The lowest BCUT2D eigenvalue weighted by atomic mass is 9.96. The van der Waals surface area contributed by atoms with Crippen LogP contribution in [-0.4, -0.2) is 22.1 Å². The highest BCUT2D eigenvalue weighted by Gasteiger charge is 2.34. The summed E-state index contributed by atoms with van der Waals surface area (Å²) in [6, 6.07) is 16.1. The molecule has 0 bridgehead atoms. The van der Waals surface area contributed by atoms with Gasteiger partial charge in [-0.1, -0.05) is 57.1 Å². The number of benzene rings is 3. The number of nitrogens with zero attached hydrogens (tertiary/aromatic N) is 3. The van der Waals surface area contributed by atoms with Crippen molar-refractivity contribution in [2.45, 2.75) is 26.5 Å². The maximum atomic E-state index is 14.0. The van der Waals surface area contributed by atoms with Gasteiger partial charge in [0.1, 0.15) is 18.4 Å². The Morgan fingerprint density at radius 2 is 1.95 bits per heavy atom. The maximum absolute atomic E-state index is 14.0. The minimum Gasteiger partial charge on any atom is -0.487 e. The second kappa shape index (κ2) is 13.1. The highest BCUT2D eigenvalue weighted by Crippen LogP contribution is 2.35. The van der Waals surface area contributed by atoms with E-state index in [1.165, 1.54) is 28.0 Å². The molecular weight excluding hydrogens is 773 g/mol. The largest absolute Gasteiger partial charge is 0.487 e. The Morgan fingerprint density at radius 3 is 2.63 bits per heavy atom. The summed E-state index contributed by atoms with van der Waals surface area (Å²) in [5.41, 5.74) is 2.31. The van der Waals surface area contributed by atoms with Gasteiger partial charge in [-0.05, 0) is 84.0 Å². The van der Waals surface area contributed by atoms with Crippen molar-refractivity contribution < 1.29 is 19.2 Å². The molecule has 0 spiro atoms. The summed E-state index contributed by atoms with van der Waals surface area (Å²) in [6.07, 6.45) is 1.73. The van der Waals surface area contributed by atoms with Gasteiger partial charge in [0.05, 0.1) is 30.9 Å². The number of fused-ring (bicyclic) bond motifs is 1. The maximum Gasteiger partial charge on any atom is 0.338 e. The van der Waals surface area contributed by atoms with Crippen molar-refractivity contribution in [2.75, 3.05) is 6.61 Å². The summed E-state index contributed by atoms with van der Waals surface area (Å²) in [5.74, 6) is -0.0227. The molecule has 220 valence electrons. The Balaban J connectivity index is 1.62. The van der Waals surface area contributed by atoms with Crippen LogP contribution in [0, 0.1) is 13.7 Å². The third kappa shape index (κ3) is 6.47. The average Bonchev–Trinajstić information content (AvgIpc) is 3.26. The minimum atomic E-state index is -0.827. The average molecular weight is 795 g/mol. The van der Waals surface area contributed by atoms with Crippen molar-refractivity contribution in [2.24, 2.45) is 4.99 Å². The molecule has 0 radical (unpaired) electrons. The number of allylic oxidation sites excluding steroid dienone is 1. The number of aromatic nitrogens is 1. The quantitative estimate of drug-likeness (QED) is 0.0896.